The lowest BCUT2D eigenvalue weighted by molar-refractivity contribution is 0.0946. The standard InChI is InChI=1S/C24H26N2O4S/c1-18-8-6-7-11-22(18)30-15-14-25-24(27)21-13-12-19(2)23(16-21)31(28,29)26-17-20-9-4-3-5-10-20/h3-13,16,26H,14-15,17H2,1-2H3,(H,25,27). The number of rotatable bonds is 9. The van der Waals surface area contributed by atoms with E-state index >= 15 is 0 Å². The summed E-state index contributed by atoms with van der Waals surface area (Å²) >= 11 is 0. The number of nitrogens with one attached hydrogen (secondary N) is 2. The van der Waals surface area contributed by atoms with Crippen LogP contribution < -0.4 is 14.8 Å². The minimum absolute atomic E-state index is 0.0900. The van der Waals surface area contributed by atoms with E-state index in [1.165, 1.54) is 6.07 Å². The SMILES string of the molecule is Cc1ccccc1OCCNC(=O)c1ccc(C)c(S(=O)(=O)NCc2ccccc2)c1. The normalized spacial score (nSPS) is 11.2. The zero-order valence-electron chi connectivity index (χ0n) is 17.6. The van der Waals surface area contributed by atoms with Gasteiger partial charge in [0.1, 0.15) is 12.4 Å². The van der Waals surface area contributed by atoms with E-state index in [9.17, 15) is 13.2 Å². The molecule has 0 bridgehead atoms. The number of ether oxygens (including phenoxy) is 1. The highest BCUT2D eigenvalue weighted by atomic mass is 32.2. The molecule has 0 fully saturated rings. The number of hydrogen-bond donors (Lipinski definition) is 2. The van der Waals surface area contributed by atoms with Crippen LogP contribution in [0, 0.1) is 13.8 Å². The van der Waals surface area contributed by atoms with Gasteiger partial charge in [-0.05, 0) is 48.7 Å². The monoisotopic (exact) mass is 438 g/mol. The van der Waals surface area contributed by atoms with E-state index < -0.39 is 10.0 Å². The largest absolute Gasteiger partial charge is 0.491 e. The molecule has 31 heavy (non-hydrogen) atoms. The molecule has 162 valence electrons. The van der Waals surface area contributed by atoms with Crippen molar-refractivity contribution in [2.24, 2.45) is 0 Å². The van der Waals surface area contributed by atoms with Crippen molar-refractivity contribution in [2.75, 3.05) is 13.2 Å². The van der Waals surface area contributed by atoms with Gasteiger partial charge < -0.3 is 10.1 Å². The van der Waals surface area contributed by atoms with Gasteiger partial charge in [-0.25, -0.2) is 13.1 Å². The smallest absolute Gasteiger partial charge is 0.251 e. The molecule has 6 nitrogen and oxygen atoms in total. The van der Waals surface area contributed by atoms with Crippen LogP contribution in [0.25, 0.3) is 0 Å². The number of carbonyl (C=O) groups excluding carboxylic acids is 1. The molecule has 7 heteroatoms. The van der Waals surface area contributed by atoms with E-state index in [0.717, 1.165) is 16.9 Å². The van der Waals surface area contributed by atoms with Gasteiger partial charge in [0.2, 0.25) is 10.0 Å². The third kappa shape index (κ3) is 6.16. The lowest BCUT2D eigenvalue weighted by atomic mass is 10.1. The first-order valence-corrected chi connectivity index (χ1v) is 11.5. The van der Waals surface area contributed by atoms with Crippen molar-refractivity contribution in [3.63, 3.8) is 0 Å². The molecule has 0 heterocycles. The third-order valence-corrected chi connectivity index (χ3v) is 6.33. The zero-order valence-corrected chi connectivity index (χ0v) is 18.4. The Morgan fingerprint density at radius 3 is 2.35 bits per heavy atom. The Bertz CT molecular complexity index is 1150. The Kier molecular flexibility index (Phi) is 7.44. The van der Waals surface area contributed by atoms with Crippen molar-refractivity contribution in [3.8, 4) is 5.75 Å². The number of hydrogen-bond acceptors (Lipinski definition) is 4. The summed E-state index contributed by atoms with van der Waals surface area (Å²) in [5, 5.41) is 2.77. The average Bonchev–Trinajstić information content (AvgIpc) is 2.77. The number of amides is 1. The van der Waals surface area contributed by atoms with E-state index in [4.69, 9.17) is 4.74 Å². The maximum Gasteiger partial charge on any atom is 0.251 e. The molecule has 3 rings (SSSR count). The second-order valence-corrected chi connectivity index (χ2v) is 8.90. The number of para-hydroxylation sites is 1. The van der Waals surface area contributed by atoms with Crippen LogP contribution in [0.1, 0.15) is 27.0 Å². The molecular formula is C24H26N2O4S. The van der Waals surface area contributed by atoms with Crippen LogP contribution in [-0.2, 0) is 16.6 Å². The highest BCUT2D eigenvalue weighted by Gasteiger charge is 2.19. The maximum absolute atomic E-state index is 12.8. The molecule has 0 unspecified atom stereocenters. The average molecular weight is 439 g/mol. The van der Waals surface area contributed by atoms with Crippen molar-refractivity contribution in [1.82, 2.24) is 10.0 Å². The van der Waals surface area contributed by atoms with Crippen LogP contribution in [0.3, 0.4) is 0 Å². The van der Waals surface area contributed by atoms with E-state index in [1.54, 1.807) is 19.1 Å². The van der Waals surface area contributed by atoms with Gasteiger partial charge in [0, 0.05) is 12.1 Å². The summed E-state index contributed by atoms with van der Waals surface area (Å²) in [6.45, 7) is 4.44. The number of carbonyl (C=O) groups is 1. The van der Waals surface area contributed by atoms with E-state index in [1.807, 2.05) is 61.5 Å². The molecule has 0 aliphatic heterocycles. The second-order valence-electron chi connectivity index (χ2n) is 7.16. The molecule has 0 saturated carbocycles. The van der Waals surface area contributed by atoms with Crippen LogP contribution in [0.15, 0.2) is 77.7 Å². The summed E-state index contributed by atoms with van der Waals surface area (Å²) < 4.78 is 33.8. The maximum atomic E-state index is 12.8. The summed E-state index contributed by atoms with van der Waals surface area (Å²) in [6, 6.07) is 21.6. The number of benzene rings is 3. The number of sulfonamides is 1. The molecule has 0 aliphatic rings. The first kappa shape index (κ1) is 22.5. The molecule has 0 atom stereocenters. The van der Waals surface area contributed by atoms with Crippen LogP contribution in [0.2, 0.25) is 0 Å². The fourth-order valence-corrected chi connectivity index (χ4v) is 4.32. The van der Waals surface area contributed by atoms with Gasteiger partial charge in [0.15, 0.2) is 0 Å². The lowest BCUT2D eigenvalue weighted by Gasteiger charge is -2.12. The van der Waals surface area contributed by atoms with Gasteiger partial charge in [0.05, 0.1) is 11.4 Å². The molecule has 0 aromatic heterocycles. The molecule has 0 spiro atoms. The third-order valence-electron chi connectivity index (χ3n) is 4.79. The summed E-state index contributed by atoms with van der Waals surface area (Å²) in [5.74, 6) is 0.415. The molecule has 1 amide bonds. The van der Waals surface area contributed by atoms with Crippen LogP contribution in [0.5, 0.6) is 5.75 Å². The van der Waals surface area contributed by atoms with Crippen molar-refractivity contribution >= 4 is 15.9 Å². The Morgan fingerprint density at radius 2 is 1.61 bits per heavy atom. The summed E-state index contributed by atoms with van der Waals surface area (Å²) in [7, 11) is -3.77. The topological polar surface area (TPSA) is 84.5 Å². The van der Waals surface area contributed by atoms with E-state index in [0.29, 0.717) is 18.7 Å². The number of aryl methyl sites for hydroxylation is 2. The molecule has 2 N–H and O–H groups in total. The van der Waals surface area contributed by atoms with Crippen molar-refractivity contribution in [3.05, 3.63) is 95.1 Å². The highest BCUT2D eigenvalue weighted by Crippen LogP contribution is 2.18. The molecule has 3 aromatic carbocycles. The molecule has 0 saturated heterocycles. The van der Waals surface area contributed by atoms with Crippen LogP contribution in [-0.4, -0.2) is 27.5 Å². The second kappa shape index (κ2) is 10.2. The van der Waals surface area contributed by atoms with Crippen molar-refractivity contribution < 1.29 is 17.9 Å². The minimum Gasteiger partial charge on any atom is -0.491 e. The van der Waals surface area contributed by atoms with Crippen LogP contribution >= 0.6 is 0 Å². The molecule has 3 aromatic rings. The summed E-state index contributed by atoms with van der Waals surface area (Å²) in [4.78, 5) is 12.6. The quantitative estimate of drug-likeness (QED) is 0.500. The Balaban J connectivity index is 1.61. The molecule has 0 aliphatic carbocycles. The molecule has 0 radical (unpaired) electrons. The van der Waals surface area contributed by atoms with Gasteiger partial charge in [-0.1, -0.05) is 54.6 Å². The van der Waals surface area contributed by atoms with Gasteiger partial charge in [-0.2, -0.15) is 0 Å². The minimum atomic E-state index is -3.77. The predicted molar refractivity (Wildman–Crippen MR) is 121 cm³/mol. The predicted octanol–water partition coefficient (Wildman–Crippen LogP) is 3.59. The first-order valence-electron chi connectivity index (χ1n) is 9.98. The summed E-state index contributed by atoms with van der Waals surface area (Å²) in [5.41, 5.74) is 2.72. The van der Waals surface area contributed by atoms with Gasteiger partial charge in [-0.15, -0.1) is 0 Å². The summed E-state index contributed by atoms with van der Waals surface area (Å²) in [6.07, 6.45) is 0. The Morgan fingerprint density at radius 1 is 0.903 bits per heavy atom. The molecular weight excluding hydrogens is 412 g/mol. The van der Waals surface area contributed by atoms with Gasteiger partial charge in [-0.3, -0.25) is 4.79 Å². The van der Waals surface area contributed by atoms with Crippen LogP contribution in [0.4, 0.5) is 0 Å². The zero-order chi connectivity index (χ0) is 22.3. The lowest BCUT2D eigenvalue weighted by Crippen LogP contribution is -2.29. The fraction of sp³-hybridized carbons (Fsp3) is 0.208. The fourth-order valence-electron chi connectivity index (χ4n) is 3.03. The van der Waals surface area contributed by atoms with Crippen molar-refractivity contribution in [1.29, 1.82) is 0 Å². The van der Waals surface area contributed by atoms with Crippen molar-refractivity contribution in [2.45, 2.75) is 25.3 Å². The Labute approximate surface area is 183 Å². The van der Waals surface area contributed by atoms with E-state index in [-0.39, 0.29) is 22.9 Å². The highest BCUT2D eigenvalue weighted by molar-refractivity contribution is 7.89. The first-order chi connectivity index (χ1) is 14.9. The van der Waals surface area contributed by atoms with Gasteiger partial charge in [0.25, 0.3) is 5.91 Å². The van der Waals surface area contributed by atoms with Gasteiger partial charge >= 0.3 is 0 Å². The Hall–Kier alpha value is -3.16. The van der Waals surface area contributed by atoms with E-state index in [2.05, 4.69) is 10.0 Å².